The van der Waals surface area contributed by atoms with E-state index in [0.717, 1.165) is 0 Å². The monoisotopic (exact) mass is 392 g/mol. The number of nitro benzene ring substituents is 1. The lowest BCUT2D eigenvalue weighted by Crippen LogP contribution is -2.45. The quantitative estimate of drug-likeness (QED) is 0.501. The number of anilines is 1. The number of hydrogen-bond donors (Lipinski definition) is 2. The van der Waals surface area contributed by atoms with Gasteiger partial charge >= 0.3 is 5.97 Å². The van der Waals surface area contributed by atoms with Crippen molar-refractivity contribution in [1.82, 2.24) is 9.80 Å². The van der Waals surface area contributed by atoms with Crippen LogP contribution in [0.15, 0.2) is 24.3 Å². The predicted molar refractivity (Wildman–Crippen MR) is 101 cm³/mol. The van der Waals surface area contributed by atoms with Crippen LogP contribution in [0.4, 0.5) is 11.4 Å². The fraction of sp³-hybridized carbons (Fsp3) is 0.500. The Morgan fingerprint density at radius 2 is 1.93 bits per heavy atom. The van der Waals surface area contributed by atoms with Gasteiger partial charge in [-0.3, -0.25) is 24.5 Å². The first kappa shape index (κ1) is 21.1. The summed E-state index contributed by atoms with van der Waals surface area (Å²) in [6.45, 7) is 0.863. The second kappa shape index (κ2) is 9.67. The third kappa shape index (κ3) is 5.66. The maximum atomic E-state index is 12.3. The molecule has 10 nitrogen and oxygen atoms in total. The zero-order valence-electron chi connectivity index (χ0n) is 15.7. The first-order valence-corrected chi connectivity index (χ1v) is 9.01. The van der Waals surface area contributed by atoms with E-state index >= 15 is 0 Å². The zero-order chi connectivity index (χ0) is 20.7. The molecule has 0 unspecified atom stereocenters. The van der Waals surface area contributed by atoms with Gasteiger partial charge in [0, 0.05) is 39.2 Å². The minimum atomic E-state index is -0.842. The summed E-state index contributed by atoms with van der Waals surface area (Å²) < 4.78 is 0. The van der Waals surface area contributed by atoms with Gasteiger partial charge in [-0.15, -0.1) is 0 Å². The van der Waals surface area contributed by atoms with Gasteiger partial charge in [-0.05, 0) is 18.9 Å². The second-order valence-corrected chi connectivity index (χ2v) is 6.69. The van der Waals surface area contributed by atoms with E-state index in [-0.39, 0.29) is 37.0 Å². The highest BCUT2D eigenvalue weighted by Crippen LogP contribution is 2.23. The Bertz CT molecular complexity index is 745. The van der Waals surface area contributed by atoms with Crippen molar-refractivity contribution in [1.29, 1.82) is 0 Å². The molecule has 1 aliphatic heterocycles. The highest BCUT2D eigenvalue weighted by molar-refractivity contribution is 5.85. The predicted octanol–water partition coefficient (Wildman–Crippen LogP) is 1.18. The number of aliphatic carboxylic acids is 1. The number of carbonyl (C=O) groups excluding carboxylic acids is 2. The average molecular weight is 392 g/mol. The standard InChI is InChI=1S/C18H24N4O6/c1-20(12-17(24)21-10-7-13(8-11-21)18(25)26)16(23)6-9-19-14-4-2-3-5-15(14)22(27)28/h2-5,13,19H,6-12H2,1H3,(H,25,26). The third-order valence-electron chi connectivity index (χ3n) is 4.75. The van der Waals surface area contributed by atoms with Gasteiger partial charge in [-0.2, -0.15) is 0 Å². The molecule has 1 saturated heterocycles. The van der Waals surface area contributed by atoms with E-state index in [1.165, 1.54) is 18.0 Å². The van der Waals surface area contributed by atoms with Crippen LogP contribution >= 0.6 is 0 Å². The zero-order valence-corrected chi connectivity index (χ0v) is 15.7. The van der Waals surface area contributed by atoms with Crippen molar-refractivity contribution in [3.63, 3.8) is 0 Å². The van der Waals surface area contributed by atoms with Crippen LogP contribution in [0.3, 0.4) is 0 Å². The van der Waals surface area contributed by atoms with Crippen LogP contribution in [0.1, 0.15) is 19.3 Å². The molecule has 0 radical (unpaired) electrons. The summed E-state index contributed by atoms with van der Waals surface area (Å²) in [5.41, 5.74) is 0.267. The number of hydrogen-bond acceptors (Lipinski definition) is 6. The van der Waals surface area contributed by atoms with Crippen molar-refractivity contribution in [2.75, 3.05) is 38.5 Å². The van der Waals surface area contributed by atoms with Crippen LogP contribution in [0.5, 0.6) is 0 Å². The molecular formula is C18H24N4O6. The molecule has 1 aromatic carbocycles. The minimum Gasteiger partial charge on any atom is -0.481 e. The average Bonchev–Trinajstić information content (AvgIpc) is 2.68. The van der Waals surface area contributed by atoms with Crippen LogP contribution in [-0.4, -0.2) is 70.8 Å². The van der Waals surface area contributed by atoms with E-state index < -0.39 is 16.8 Å². The third-order valence-corrected chi connectivity index (χ3v) is 4.75. The number of nitrogens with one attached hydrogen (secondary N) is 1. The van der Waals surface area contributed by atoms with Crippen LogP contribution in [0.25, 0.3) is 0 Å². The summed E-state index contributed by atoms with van der Waals surface area (Å²) in [5, 5.41) is 22.8. The van der Waals surface area contributed by atoms with Gasteiger partial charge in [-0.25, -0.2) is 0 Å². The summed E-state index contributed by atoms with van der Waals surface area (Å²) in [6, 6.07) is 6.17. The van der Waals surface area contributed by atoms with E-state index in [1.54, 1.807) is 23.1 Å². The van der Waals surface area contributed by atoms with E-state index in [0.29, 0.717) is 31.6 Å². The van der Waals surface area contributed by atoms with Gasteiger partial charge in [0.05, 0.1) is 17.4 Å². The summed E-state index contributed by atoms with van der Waals surface area (Å²) >= 11 is 0. The first-order chi connectivity index (χ1) is 13.3. The van der Waals surface area contributed by atoms with Gasteiger partial charge in [0.1, 0.15) is 5.69 Å². The van der Waals surface area contributed by atoms with Crippen LogP contribution in [0, 0.1) is 16.0 Å². The van der Waals surface area contributed by atoms with Gasteiger partial charge in [0.15, 0.2) is 0 Å². The molecule has 1 fully saturated rings. The van der Waals surface area contributed by atoms with Gasteiger partial charge < -0.3 is 20.2 Å². The number of nitrogens with zero attached hydrogens (tertiary/aromatic N) is 3. The normalized spacial score (nSPS) is 14.4. The molecule has 10 heteroatoms. The summed E-state index contributed by atoms with van der Waals surface area (Å²) in [5.74, 6) is -1.74. The lowest BCUT2D eigenvalue weighted by molar-refractivity contribution is -0.384. The lowest BCUT2D eigenvalue weighted by atomic mass is 9.97. The molecule has 0 aromatic heterocycles. The largest absolute Gasteiger partial charge is 0.481 e. The molecule has 2 amide bonds. The van der Waals surface area contributed by atoms with Crippen LogP contribution < -0.4 is 5.32 Å². The number of carboxylic acid groups (broad SMARTS) is 1. The van der Waals surface area contributed by atoms with E-state index in [1.807, 2.05) is 0 Å². The summed E-state index contributed by atoms with van der Waals surface area (Å²) in [6.07, 6.45) is 0.911. The van der Waals surface area contributed by atoms with E-state index in [4.69, 9.17) is 5.11 Å². The highest BCUT2D eigenvalue weighted by Gasteiger charge is 2.27. The molecule has 2 N–H and O–H groups in total. The molecule has 1 heterocycles. The van der Waals surface area contributed by atoms with Crippen LogP contribution in [0.2, 0.25) is 0 Å². The van der Waals surface area contributed by atoms with E-state index in [9.17, 15) is 24.5 Å². The van der Waals surface area contributed by atoms with Gasteiger partial charge in [0.25, 0.3) is 5.69 Å². The molecular weight excluding hydrogens is 368 g/mol. The van der Waals surface area contributed by atoms with Crippen LogP contribution in [-0.2, 0) is 14.4 Å². The lowest BCUT2D eigenvalue weighted by Gasteiger charge is -2.31. The molecule has 0 aliphatic carbocycles. The number of likely N-dealkylation sites (tertiary alicyclic amines) is 1. The molecule has 2 rings (SSSR count). The number of carbonyl (C=O) groups is 3. The topological polar surface area (TPSA) is 133 Å². The Morgan fingerprint density at radius 3 is 2.54 bits per heavy atom. The highest BCUT2D eigenvalue weighted by atomic mass is 16.6. The minimum absolute atomic E-state index is 0.0664. The molecule has 1 aromatic rings. The Balaban J connectivity index is 1.76. The van der Waals surface area contributed by atoms with Gasteiger partial charge in [-0.1, -0.05) is 12.1 Å². The molecule has 1 aliphatic rings. The fourth-order valence-electron chi connectivity index (χ4n) is 3.04. The fourth-order valence-corrected chi connectivity index (χ4v) is 3.04. The maximum absolute atomic E-state index is 12.3. The summed E-state index contributed by atoms with van der Waals surface area (Å²) in [7, 11) is 1.52. The van der Waals surface area contributed by atoms with E-state index in [2.05, 4.69) is 5.32 Å². The Kier molecular flexibility index (Phi) is 7.30. The van der Waals surface area contributed by atoms with Crippen molar-refractivity contribution in [3.8, 4) is 0 Å². The molecule has 0 saturated carbocycles. The molecule has 0 bridgehead atoms. The number of amides is 2. The van der Waals surface area contributed by atoms with Gasteiger partial charge in [0.2, 0.25) is 11.8 Å². The number of nitro groups is 1. The van der Waals surface area contributed by atoms with Crippen molar-refractivity contribution in [2.45, 2.75) is 19.3 Å². The molecule has 152 valence electrons. The summed E-state index contributed by atoms with van der Waals surface area (Å²) in [4.78, 5) is 48.8. The van der Waals surface area contributed by atoms with Crippen molar-refractivity contribution < 1.29 is 24.4 Å². The first-order valence-electron chi connectivity index (χ1n) is 9.01. The SMILES string of the molecule is CN(CC(=O)N1CCC(C(=O)O)CC1)C(=O)CCNc1ccccc1[N+](=O)[O-]. The molecule has 0 atom stereocenters. The Labute approximate surface area is 162 Å². The Morgan fingerprint density at radius 1 is 1.29 bits per heavy atom. The number of para-hydroxylation sites is 2. The number of piperidine rings is 1. The maximum Gasteiger partial charge on any atom is 0.306 e. The number of likely N-dealkylation sites (N-methyl/N-ethyl adjacent to an activating group) is 1. The molecule has 0 spiro atoms. The Hall–Kier alpha value is -3.17. The second-order valence-electron chi connectivity index (χ2n) is 6.69. The smallest absolute Gasteiger partial charge is 0.306 e. The number of benzene rings is 1. The van der Waals surface area contributed by atoms with Crippen molar-refractivity contribution in [3.05, 3.63) is 34.4 Å². The van der Waals surface area contributed by atoms with Crippen molar-refractivity contribution in [2.24, 2.45) is 5.92 Å². The number of carboxylic acids is 1. The molecule has 28 heavy (non-hydrogen) atoms. The number of rotatable bonds is 8. The van der Waals surface area contributed by atoms with Crippen molar-refractivity contribution >= 4 is 29.2 Å².